The predicted molar refractivity (Wildman–Crippen MR) is 84.9 cm³/mol. The number of nitrogens with two attached hydrogens (primary N) is 1. The minimum absolute atomic E-state index is 0.128. The van der Waals surface area contributed by atoms with Gasteiger partial charge >= 0.3 is 0 Å². The summed E-state index contributed by atoms with van der Waals surface area (Å²) in [5.74, 6) is -1.14. The lowest BCUT2D eigenvalue weighted by Gasteiger charge is -2.27. The summed E-state index contributed by atoms with van der Waals surface area (Å²) in [7, 11) is 0. The Morgan fingerprint density at radius 3 is 2.64 bits per heavy atom. The van der Waals surface area contributed by atoms with Gasteiger partial charge in [-0.1, -0.05) is 23.7 Å². The zero-order valence-corrected chi connectivity index (χ0v) is 12.8. The zero-order chi connectivity index (χ0) is 15.9. The van der Waals surface area contributed by atoms with Crippen LogP contribution in [0.1, 0.15) is 30.4 Å². The normalized spacial score (nSPS) is 21.1. The predicted octanol–water partition coefficient (Wildman–Crippen LogP) is 4.48. The first-order valence-electron chi connectivity index (χ1n) is 7.01. The molecule has 2 aliphatic rings. The fraction of sp³-hybridized carbons (Fsp3) is 0.235. The maximum atomic E-state index is 14.4. The molecule has 0 fully saturated rings. The highest BCUT2D eigenvalue weighted by atomic mass is 35.5. The van der Waals surface area contributed by atoms with Crippen LogP contribution in [0.2, 0.25) is 0 Å². The second kappa shape index (κ2) is 5.78. The molecule has 0 bridgehead atoms. The van der Waals surface area contributed by atoms with E-state index in [9.17, 15) is 8.78 Å². The van der Waals surface area contributed by atoms with Crippen LogP contribution < -0.4 is 5.73 Å². The van der Waals surface area contributed by atoms with E-state index < -0.39 is 5.83 Å². The summed E-state index contributed by atoms with van der Waals surface area (Å²) in [6.07, 6.45) is 3.55. The van der Waals surface area contributed by atoms with Gasteiger partial charge in [0.2, 0.25) is 0 Å². The van der Waals surface area contributed by atoms with Crippen LogP contribution in [0.15, 0.2) is 57.5 Å². The van der Waals surface area contributed by atoms with Gasteiger partial charge < -0.3 is 5.73 Å². The van der Waals surface area contributed by atoms with Crippen LogP contribution in [0.4, 0.5) is 8.78 Å². The van der Waals surface area contributed by atoms with E-state index in [4.69, 9.17) is 17.3 Å². The number of halogens is 3. The lowest BCUT2D eigenvalue weighted by Crippen LogP contribution is -2.19. The van der Waals surface area contributed by atoms with Crippen LogP contribution in [-0.4, -0.2) is 5.71 Å². The summed E-state index contributed by atoms with van der Waals surface area (Å²) in [4.78, 5) is 4.25. The van der Waals surface area contributed by atoms with E-state index >= 15 is 0 Å². The molecule has 0 aromatic heterocycles. The van der Waals surface area contributed by atoms with Crippen molar-refractivity contribution in [1.29, 1.82) is 0 Å². The first kappa shape index (κ1) is 15.1. The molecule has 3 rings (SSSR count). The van der Waals surface area contributed by atoms with Crippen molar-refractivity contribution in [1.82, 2.24) is 0 Å². The molecule has 22 heavy (non-hydrogen) atoms. The van der Waals surface area contributed by atoms with Crippen molar-refractivity contribution in [3.63, 3.8) is 0 Å². The van der Waals surface area contributed by atoms with Crippen molar-refractivity contribution in [2.75, 3.05) is 0 Å². The Morgan fingerprint density at radius 1 is 1.32 bits per heavy atom. The third-order valence-electron chi connectivity index (χ3n) is 3.91. The molecule has 2 nitrogen and oxygen atoms in total. The van der Waals surface area contributed by atoms with E-state index in [0.717, 1.165) is 5.70 Å². The number of aliphatic imine (C=N–C) groups is 1. The lowest BCUT2D eigenvalue weighted by molar-refractivity contribution is 0.600. The van der Waals surface area contributed by atoms with Gasteiger partial charge in [-0.15, -0.1) is 0 Å². The Hall–Kier alpha value is -1.78. The Morgan fingerprint density at radius 2 is 2.05 bits per heavy atom. The van der Waals surface area contributed by atoms with E-state index in [2.05, 4.69) is 4.99 Å². The largest absolute Gasteiger partial charge is 0.326 e. The molecule has 114 valence electrons. The van der Waals surface area contributed by atoms with Crippen LogP contribution in [0.3, 0.4) is 0 Å². The van der Waals surface area contributed by atoms with Gasteiger partial charge in [0.1, 0.15) is 11.6 Å². The zero-order valence-electron chi connectivity index (χ0n) is 12.0. The minimum Gasteiger partial charge on any atom is -0.326 e. The van der Waals surface area contributed by atoms with E-state index in [0.29, 0.717) is 33.9 Å². The van der Waals surface area contributed by atoms with Crippen molar-refractivity contribution >= 4 is 17.3 Å². The summed E-state index contributed by atoms with van der Waals surface area (Å²) < 4.78 is 28.4. The Labute approximate surface area is 132 Å². The molecule has 1 unspecified atom stereocenters. The van der Waals surface area contributed by atoms with Crippen LogP contribution in [0.25, 0.3) is 0 Å². The molecule has 0 spiro atoms. The smallest absolute Gasteiger partial charge is 0.130 e. The number of hydrogen-bond acceptors (Lipinski definition) is 2. The van der Waals surface area contributed by atoms with Gasteiger partial charge in [0, 0.05) is 34.3 Å². The first-order valence-corrected chi connectivity index (χ1v) is 7.39. The Bertz CT molecular complexity index is 760. The average molecular weight is 321 g/mol. The van der Waals surface area contributed by atoms with Crippen molar-refractivity contribution in [3.8, 4) is 0 Å². The molecule has 1 atom stereocenters. The molecule has 1 aromatic carbocycles. The highest BCUT2D eigenvalue weighted by Crippen LogP contribution is 2.41. The van der Waals surface area contributed by atoms with E-state index in [1.54, 1.807) is 12.1 Å². The third kappa shape index (κ3) is 2.64. The molecule has 0 radical (unpaired) electrons. The summed E-state index contributed by atoms with van der Waals surface area (Å²) in [5, 5.41) is 0.412. The van der Waals surface area contributed by atoms with Gasteiger partial charge in [0.15, 0.2) is 0 Å². The highest BCUT2D eigenvalue weighted by Gasteiger charge is 2.30. The molecule has 1 aliphatic heterocycles. The van der Waals surface area contributed by atoms with Gasteiger partial charge in [0.05, 0.1) is 5.71 Å². The molecule has 2 N–H and O–H groups in total. The van der Waals surface area contributed by atoms with Gasteiger partial charge in [-0.05, 0) is 37.1 Å². The summed E-state index contributed by atoms with van der Waals surface area (Å²) >= 11 is 6.03. The van der Waals surface area contributed by atoms with E-state index in [1.165, 1.54) is 12.1 Å². The van der Waals surface area contributed by atoms with E-state index in [1.807, 2.05) is 13.0 Å². The number of benzene rings is 1. The fourth-order valence-electron chi connectivity index (χ4n) is 2.79. The lowest BCUT2D eigenvalue weighted by atomic mass is 9.81. The number of rotatable bonds is 3. The Balaban J connectivity index is 2.03. The highest BCUT2D eigenvalue weighted by molar-refractivity contribution is 6.30. The van der Waals surface area contributed by atoms with Gasteiger partial charge in [0.25, 0.3) is 0 Å². The maximum Gasteiger partial charge on any atom is 0.130 e. The second-order valence-electron chi connectivity index (χ2n) is 5.45. The molecular weight excluding hydrogens is 306 g/mol. The fourth-order valence-corrected chi connectivity index (χ4v) is 3.04. The van der Waals surface area contributed by atoms with Crippen LogP contribution in [0.5, 0.6) is 0 Å². The number of nitrogens with zero attached hydrogens (tertiary/aromatic N) is 1. The molecule has 0 saturated carbocycles. The standard InChI is InChI=1S/C17H15ClF2N2/c1-9-4-16(22-9)17-13(6-12(18)7-15(17)20)10-2-3-11(8-21)14(19)5-10/h2-5,7,13H,6,8,21H2,1H3. The molecule has 1 heterocycles. The molecule has 5 heteroatoms. The van der Waals surface area contributed by atoms with Gasteiger partial charge in [-0.25, -0.2) is 8.78 Å². The monoisotopic (exact) mass is 320 g/mol. The topological polar surface area (TPSA) is 38.4 Å². The van der Waals surface area contributed by atoms with Gasteiger partial charge in [-0.2, -0.15) is 0 Å². The maximum absolute atomic E-state index is 14.4. The average Bonchev–Trinajstić information content (AvgIpc) is 2.44. The van der Waals surface area contributed by atoms with Crippen LogP contribution >= 0.6 is 11.6 Å². The number of hydrogen-bond donors (Lipinski definition) is 1. The SMILES string of the molecule is CC1=CC(C2=C(F)C=C(Cl)CC2c2ccc(CN)c(F)c2)=N1. The summed E-state index contributed by atoms with van der Waals surface area (Å²) in [5.41, 5.74) is 8.50. The quantitative estimate of drug-likeness (QED) is 0.876. The van der Waals surface area contributed by atoms with E-state index in [-0.39, 0.29) is 18.3 Å². The molecular formula is C17H15ClF2N2. The van der Waals surface area contributed by atoms with Crippen LogP contribution in [-0.2, 0) is 6.54 Å². The first-order chi connectivity index (χ1) is 10.5. The Kier molecular flexibility index (Phi) is 3.98. The van der Waals surface area contributed by atoms with Crippen molar-refractivity contribution in [3.05, 3.63) is 69.4 Å². The van der Waals surface area contributed by atoms with Crippen LogP contribution in [0, 0.1) is 5.82 Å². The van der Waals surface area contributed by atoms with Gasteiger partial charge in [-0.3, -0.25) is 4.99 Å². The van der Waals surface area contributed by atoms with Crippen molar-refractivity contribution < 1.29 is 8.78 Å². The second-order valence-corrected chi connectivity index (χ2v) is 5.93. The molecule has 1 aliphatic carbocycles. The van der Waals surface area contributed by atoms with Crippen molar-refractivity contribution in [2.45, 2.75) is 25.8 Å². The molecule has 0 saturated heterocycles. The molecule has 0 amide bonds. The molecule has 1 aromatic rings. The van der Waals surface area contributed by atoms with Crippen molar-refractivity contribution in [2.24, 2.45) is 10.7 Å². The third-order valence-corrected chi connectivity index (χ3v) is 4.17. The summed E-state index contributed by atoms with van der Waals surface area (Å²) in [6, 6.07) is 4.82. The minimum atomic E-state index is -0.410. The number of allylic oxidation sites excluding steroid dienone is 6. The summed E-state index contributed by atoms with van der Waals surface area (Å²) in [6.45, 7) is 1.97.